The Kier molecular flexibility index (Phi) is 4.66. The second-order valence-electron chi connectivity index (χ2n) is 8.10. The van der Waals surface area contributed by atoms with Crippen molar-refractivity contribution < 1.29 is 4.39 Å². The van der Waals surface area contributed by atoms with E-state index < -0.39 is 0 Å². The number of aromatic nitrogens is 6. The zero-order chi connectivity index (χ0) is 22.4. The number of nitrogens with one attached hydrogen (secondary N) is 2. The van der Waals surface area contributed by atoms with Crippen LogP contribution in [0.25, 0.3) is 44.9 Å². The highest BCUT2D eigenvalue weighted by Gasteiger charge is 2.16. The van der Waals surface area contributed by atoms with Gasteiger partial charge in [-0.2, -0.15) is 5.10 Å². The van der Waals surface area contributed by atoms with Crippen LogP contribution in [-0.4, -0.2) is 36.7 Å². The lowest BCUT2D eigenvalue weighted by Crippen LogP contribution is -2.24. The van der Waals surface area contributed by atoms with Crippen molar-refractivity contribution in [3.63, 3.8) is 0 Å². The Morgan fingerprint density at radius 2 is 1.79 bits per heavy atom. The molecule has 5 aromatic rings. The van der Waals surface area contributed by atoms with Crippen LogP contribution in [0.5, 0.6) is 0 Å². The molecule has 1 aliphatic rings. The molecule has 0 bridgehead atoms. The number of halogens is 1. The molecule has 0 radical (unpaired) electrons. The number of aromatic amines is 1. The van der Waals surface area contributed by atoms with Gasteiger partial charge in [-0.05, 0) is 48.9 Å². The summed E-state index contributed by atoms with van der Waals surface area (Å²) < 4.78 is 13.7. The highest BCUT2D eigenvalue weighted by Crippen LogP contribution is 2.30. The van der Waals surface area contributed by atoms with Gasteiger partial charge in [-0.3, -0.25) is 15.1 Å². The molecule has 6 heterocycles. The van der Waals surface area contributed by atoms with Crippen LogP contribution < -0.4 is 5.32 Å². The molecule has 5 aromatic heterocycles. The third-order valence-corrected chi connectivity index (χ3v) is 5.94. The molecular weight excluding hydrogens is 417 g/mol. The smallest absolute Gasteiger partial charge is 0.144 e. The summed E-state index contributed by atoms with van der Waals surface area (Å²) in [7, 11) is 0. The molecule has 33 heavy (non-hydrogen) atoms. The third kappa shape index (κ3) is 3.54. The van der Waals surface area contributed by atoms with Crippen molar-refractivity contribution in [1.29, 1.82) is 0 Å². The van der Waals surface area contributed by atoms with E-state index in [4.69, 9.17) is 9.97 Å². The quantitative estimate of drug-likeness (QED) is 0.439. The predicted molar refractivity (Wildman–Crippen MR) is 124 cm³/mol. The van der Waals surface area contributed by atoms with Gasteiger partial charge in [-0.1, -0.05) is 6.07 Å². The van der Waals surface area contributed by atoms with Crippen LogP contribution in [0.2, 0.25) is 0 Å². The van der Waals surface area contributed by atoms with E-state index in [-0.39, 0.29) is 5.82 Å². The molecule has 0 unspecified atom stereocenters. The van der Waals surface area contributed by atoms with Crippen molar-refractivity contribution >= 4 is 11.0 Å². The Morgan fingerprint density at radius 3 is 2.70 bits per heavy atom. The maximum Gasteiger partial charge on any atom is 0.144 e. The standard InChI is InChI=1S/C25H20FN7/c1-14-18(26)3-5-23(30-14)25-17(13-29-33-25)21-6-7-22-24(32-21)10-16(12-28-22)19-4-2-15-11-27-9-8-20(15)31-19/h2-7,10,12-13,27H,8-9,11H2,1H3,(H,29,33). The molecule has 1 aliphatic heterocycles. The topological polar surface area (TPSA) is 92.3 Å². The second-order valence-corrected chi connectivity index (χ2v) is 8.10. The lowest BCUT2D eigenvalue weighted by Gasteiger charge is -2.16. The summed E-state index contributed by atoms with van der Waals surface area (Å²) in [6.45, 7) is 3.44. The lowest BCUT2D eigenvalue weighted by atomic mass is 10.0. The maximum absolute atomic E-state index is 13.7. The first-order valence-corrected chi connectivity index (χ1v) is 10.8. The van der Waals surface area contributed by atoms with E-state index in [0.29, 0.717) is 17.1 Å². The number of H-pyrrole nitrogens is 1. The second kappa shape index (κ2) is 7.83. The number of aryl methyl sites for hydroxylation is 1. The van der Waals surface area contributed by atoms with Gasteiger partial charge >= 0.3 is 0 Å². The Hall–Kier alpha value is -4.04. The van der Waals surface area contributed by atoms with E-state index in [2.05, 4.69) is 31.5 Å². The number of hydrogen-bond acceptors (Lipinski definition) is 6. The van der Waals surface area contributed by atoms with E-state index in [1.54, 1.807) is 19.2 Å². The van der Waals surface area contributed by atoms with Crippen molar-refractivity contribution in [2.45, 2.75) is 19.9 Å². The summed E-state index contributed by atoms with van der Waals surface area (Å²) in [6.07, 6.45) is 4.54. The highest BCUT2D eigenvalue weighted by atomic mass is 19.1. The minimum atomic E-state index is -0.342. The van der Waals surface area contributed by atoms with Gasteiger partial charge < -0.3 is 5.32 Å². The van der Waals surface area contributed by atoms with Gasteiger partial charge in [0.25, 0.3) is 0 Å². The van der Waals surface area contributed by atoms with Crippen molar-refractivity contribution in [3.8, 4) is 33.9 Å². The van der Waals surface area contributed by atoms with Crippen molar-refractivity contribution in [3.05, 3.63) is 77.6 Å². The first-order valence-electron chi connectivity index (χ1n) is 10.8. The molecule has 162 valence electrons. The fourth-order valence-corrected chi connectivity index (χ4v) is 4.15. The van der Waals surface area contributed by atoms with Gasteiger partial charge in [-0.25, -0.2) is 14.4 Å². The lowest BCUT2D eigenvalue weighted by molar-refractivity contribution is 0.610. The fourth-order valence-electron chi connectivity index (χ4n) is 4.15. The largest absolute Gasteiger partial charge is 0.312 e. The molecule has 2 N–H and O–H groups in total. The summed E-state index contributed by atoms with van der Waals surface area (Å²) in [5.41, 5.74) is 8.84. The third-order valence-electron chi connectivity index (χ3n) is 5.94. The molecule has 0 saturated carbocycles. The molecule has 0 atom stereocenters. The number of rotatable bonds is 3. The zero-order valence-electron chi connectivity index (χ0n) is 17.9. The normalized spacial score (nSPS) is 13.3. The van der Waals surface area contributed by atoms with Crippen LogP contribution in [0.4, 0.5) is 4.39 Å². The minimum Gasteiger partial charge on any atom is -0.312 e. The molecule has 0 fully saturated rings. The Labute approximate surface area is 189 Å². The average molecular weight is 437 g/mol. The fraction of sp³-hybridized carbons (Fsp3) is 0.160. The van der Waals surface area contributed by atoms with Gasteiger partial charge in [0.15, 0.2) is 0 Å². The number of fused-ring (bicyclic) bond motifs is 2. The predicted octanol–water partition coefficient (Wildman–Crippen LogP) is 4.24. The highest BCUT2D eigenvalue weighted by molar-refractivity contribution is 5.84. The first-order chi connectivity index (χ1) is 16.2. The summed E-state index contributed by atoms with van der Waals surface area (Å²) >= 11 is 0. The molecule has 8 heteroatoms. The molecule has 0 aromatic carbocycles. The van der Waals surface area contributed by atoms with Gasteiger partial charge in [-0.15, -0.1) is 0 Å². The monoisotopic (exact) mass is 437 g/mol. The van der Waals surface area contributed by atoms with Crippen LogP contribution in [0.1, 0.15) is 17.0 Å². The number of pyridine rings is 4. The van der Waals surface area contributed by atoms with Crippen molar-refractivity contribution in [2.75, 3.05) is 6.54 Å². The van der Waals surface area contributed by atoms with Crippen molar-refractivity contribution in [2.24, 2.45) is 0 Å². The Balaban J connectivity index is 1.41. The van der Waals surface area contributed by atoms with Crippen LogP contribution >= 0.6 is 0 Å². The van der Waals surface area contributed by atoms with Gasteiger partial charge in [0.2, 0.25) is 0 Å². The summed E-state index contributed by atoms with van der Waals surface area (Å²) in [4.78, 5) is 18.7. The van der Waals surface area contributed by atoms with E-state index in [1.807, 2.05) is 30.5 Å². The molecule has 0 aliphatic carbocycles. The molecule has 0 saturated heterocycles. The van der Waals surface area contributed by atoms with Gasteiger partial charge in [0.05, 0.1) is 33.8 Å². The van der Waals surface area contributed by atoms with Gasteiger partial charge in [0, 0.05) is 48.7 Å². The van der Waals surface area contributed by atoms with Gasteiger partial charge in [0.1, 0.15) is 11.5 Å². The minimum absolute atomic E-state index is 0.329. The Morgan fingerprint density at radius 1 is 0.909 bits per heavy atom. The van der Waals surface area contributed by atoms with Crippen molar-refractivity contribution in [1.82, 2.24) is 35.5 Å². The number of nitrogens with zero attached hydrogens (tertiary/aromatic N) is 5. The first kappa shape index (κ1) is 19.6. The van der Waals surface area contributed by atoms with Crippen LogP contribution in [0.3, 0.4) is 0 Å². The molecule has 0 amide bonds. The van der Waals surface area contributed by atoms with Crippen LogP contribution in [-0.2, 0) is 13.0 Å². The summed E-state index contributed by atoms with van der Waals surface area (Å²) in [5.74, 6) is -0.342. The maximum atomic E-state index is 13.7. The van der Waals surface area contributed by atoms with Crippen LogP contribution in [0, 0.1) is 12.7 Å². The Bertz CT molecular complexity index is 1510. The summed E-state index contributed by atoms with van der Waals surface area (Å²) in [6, 6.07) is 13.1. The molecular formula is C25H20FN7. The SMILES string of the molecule is Cc1nc(-c2n[nH]cc2-c2ccc3ncc(-c4ccc5c(n4)CCNC5)cc3n2)ccc1F. The van der Waals surface area contributed by atoms with E-state index in [1.165, 1.54) is 11.6 Å². The van der Waals surface area contributed by atoms with E-state index in [9.17, 15) is 4.39 Å². The van der Waals surface area contributed by atoms with Crippen LogP contribution in [0.15, 0.2) is 54.9 Å². The van der Waals surface area contributed by atoms with E-state index in [0.717, 1.165) is 58.8 Å². The molecule has 0 spiro atoms. The van der Waals surface area contributed by atoms with E-state index >= 15 is 0 Å². The molecule has 6 rings (SSSR count). The zero-order valence-corrected chi connectivity index (χ0v) is 17.9. The molecule has 7 nitrogen and oxygen atoms in total. The number of hydrogen-bond donors (Lipinski definition) is 2. The summed E-state index contributed by atoms with van der Waals surface area (Å²) in [5, 5.41) is 10.6. The average Bonchev–Trinajstić information content (AvgIpc) is 3.35.